The highest BCUT2D eigenvalue weighted by molar-refractivity contribution is 7.59. The normalized spacial score (nSPS) is 15.0. The molecule has 0 saturated carbocycles. The van der Waals surface area contributed by atoms with Crippen molar-refractivity contribution in [3.8, 4) is 22.6 Å². The molecule has 1 aromatic carbocycles. The number of carbonyl (C=O) groups excluding carboxylic acids is 1. The van der Waals surface area contributed by atoms with E-state index in [1.54, 1.807) is 23.8 Å². The van der Waals surface area contributed by atoms with Crippen LogP contribution in [-0.4, -0.2) is 94.3 Å². The van der Waals surface area contributed by atoms with E-state index in [1.165, 1.54) is 20.3 Å². The molecule has 1 amide bonds. The number of fused-ring (bicyclic) bond motifs is 3. The Bertz CT molecular complexity index is 1620. The fraction of sp³-hybridized carbons (Fsp3) is 0.414. The first kappa shape index (κ1) is 32.6. The molecule has 4 heterocycles. The highest BCUT2D eigenvalue weighted by atomic mass is 35.5. The average molecular weight is 648 g/mol. The molecule has 5 rings (SSSR count). The van der Waals surface area contributed by atoms with Gasteiger partial charge in [-0.3, -0.25) is 4.79 Å². The van der Waals surface area contributed by atoms with Crippen LogP contribution in [0.25, 0.3) is 27.8 Å². The van der Waals surface area contributed by atoms with Crippen molar-refractivity contribution < 1.29 is 14.3 Å². The van der Waals surface area contributed by atoms with Gasteiger partial charge in [-0.1, -0.05) is 29.8 Å². The predicted octanol–water partition coefficient (Wildman–Crippen LogP) is 4.86. The maximum atomic E-state index is 12.1. The number of pyridine rings is 1. The number of nitrogens with one attached hydrogen (secondary N) is 1. The number of ether oxygens (including phenoxy) is 2. The van der Waals surface area contributed by atoms with Gasteiger partial charge in [0, 0.05) is 61.4 Å². The number of amides is 1. The molecule has 1 atom stereocenters. The summed E-state index contributed by atoms with van der Waals surface area (Å²) in [6.45, 7) is 5.95. The molecule has 1 fully saturated rings. The second-order valence-corrected chi connectivity index (χ2v) is 11.0. The Labute approximate surface area is 267 Å². The molecule has 43 heavy (non-hydrogen) atoms. The summed E-state index contributed by atoms with van der Waals surface area (Å²) in [5, 5.41) is 9.24. The molecule has 0 unspecified atom stereocenters. The molecule has 0 radical (unpaired) electrons. The minimum atomic E-state index is -0.0101. The molecule has 230 valence electrons. The molecule has 0 aliphatic carbocycles. The van der Waals surface area contributed by atoms with Crippen molar-refractivity contribution in [2.24, 2.45) is 0 Å². The number of hydrogen-bond donors (Lipinski definition) is 1. The first-order chi connectivity index (χ1) is 20.3. The number of carbonyl (C=O) groups is 1. The van der Waals surface area contributed by atoms with Crippen molar-refractivity contribution in [3.05, 3.63) is 46.9 Å². The van der Waals surface area contributed by atoms with Crippen LogP contribution >= 0.6 is 36.7 Å². The number of likely N-dealkylation sites (tertiary alicyclic amines) is 1. The highest BCUT2D eigenvalue weighted by Crippen LogP contribution is 2.47. The lowest BCUT2D eigenvalue weighted by Gasteiger charge is -2.37. The van der Waals surface area contributed by atoms with Crippen LogP contribution in [0, 0.1) is 0 Å². The van der Waals surface area contributed by atoms with Gasteiger partial charge in [-0.2, -0.15) is 23.0 Å². The van der Waals surface area contributed by atoms with Gasteiger partial charge in [0.05, 0.1) is 24.3 Å². The Morgan fingerprint density at radius 2 is 1.91 bits per heavy atom. The number of nitrogens with zero attached hydrogens (tertiary/aromatic N) is 7. The Morgan fingerprint density at radius 3 is 2.56 bits per heavy atom. The molecular weight excluding hydrogens is 611 g/mol. The van der Waals surface area contributed by atoms with E-state index >= 15 is 0 Å². The van der Waals surface area contributed by atoms with Crippen LogP contribution in [0.3, 0.4) is 0 Å². The van der Waals surface area contributed by atoms with Gasteiger partial charge >= 0.3 is 0 Å². The van der Waals surface area contributed by atoms with Crippen molar-refractivity contribution in [3.63, 3.8) is 0 Å². The van der Waals surface area contributed by atoms with Crippen LogP contribution in [0.2, 0.25) is 10.0 Å². The number of likely N-dealkylation sites (N-methyl/N-ethyl adjacent to an activating group) is 1. The minimum Gasteiger partial charge on any atom is -0.495 e. The van der Waals surface area contributed by atoms with Crippen molar-refractivity contribution in [2.45, 2.75) is 31.7 Å². The third-order valence-electron chi connectivity index (χ3n) is 7.67. The van der Waals surface area contributed by atoms with Gasteiger partial charge in [0.15, 0.2) is 17.1 Å². The average Bonchev–Trinajstić information content (AvgIpc) is 3.45. The molecule has 4 aromatic rings. The number of methoxy groups -OCH3 is 2. The number of aromatic nitrogens is 5. The Kier molecular flexibility index (Phi) is 10.6. The molecule has 1 aliphatic heterocycles. The molecule has 0 spiro atoms. The number of benzene rings is 1. The van der Waals surface area contributed by atoms with E-state index in [0.29, 0.717) is 74.7 Å². The van der Waals surface area contributed by atoms with Crippen molar-refractivity contribution >= 4 is 65.2 Å². The van der Waals surface area contributed by atoms with Crippen LogP contribution < -0.4 is 14.8 Å². The van der Waals surface area contributed by atoms with Crippen LogP contribution in [0.1, 0.15) is 25.1 Å². The van der Waals surface area contributed by atoms with Gasteiger partial charge in [0.2, 0.25) is 11.9 Å². The quantitative estimate of drug-likeness (QED) is 0.242. The van der Waals surface area contributed by atoms with E-state index in [1.807, 2.05) is 11.0 Å². The molecule has 11 nitrogen and oxygen atoms in total. The lowest BCUT2D eigenvalue weighted by molar-refractivity contribution is -0.128. The van der Waals surface area contributed by atoms with Gasteiger partial charge in [-0.25, -0.2) is 9.97 Å². The van der Waals surface area contributed by atoms with Crippen molar-refractivity contribution in [2.75, 3.05) is 53.3 Å². The largest absolute Gasteiger partial charge is 0.495 e. The van der Waals surface area contributed by atoms with E-state index in [9.17, 15) is 4.79 Å². The smallest absolute Gasteiger partial charge is 0.246 e. The Morgan fingerprint density at radius 1 is 1.19 bits per heavy atom. The van der Waals surface area contributed by atoms with Crippen molar-refractivity contribution in [1.29, 1.82) is 0 Å². The van der Waals surface area contributed by atoms with Gasteiger partial charge in [-0.05, 0) is 45.0 Å². The molecule has 14 heteroatoms. The summed E-state index contributed by atoms with van der Waals surface area (Å²) in [6.07, 6.45) is 6.62. The second-order valence-electron chi connectivity index (χ2n) is 10.2. The number of rotatable bonds is 10. The lowest BCUT2D eigenvalue weighted by atomic mass is 10.0. The molecular formula is C29H36Cl2N8O3S. The number of hydrogen-bond acceptors (Lipinski definition) is 9. The summed E-state index contributed by atoms with van der Waals surface area (Å²) in [5.41, 5.74) is 2.33. The summed E-state index contributed by atoms with van der Waals surface area (Å²) in [5.74, 6) is 1.96. The monoisotopic (exact) mass is 646 g/mol. The SMILES string of the molecule is C=CC(=O)N1CCC[C@H](N(C)CCCc2nc3c(-c4c(Cl)c(OC)cc(OC)c4Cl)cc4cnc(NC)nc4n3n2)C1.S. The lowest BCUT2D eigenvalue weighted by Crippen LogP contribution is -2.48. The molecule has 1 saturated heterocycles. The maximum absolute atomic E-state index is 12.1. The standard InChI is InChI=1S/C29H34Cl2N8O3.H2S/c1-6-23(40)38-12-7-9-18(16-38)37(3)11-8-10-22-34-28-19(24-25(30)20(41-4)14-21(42-5)26(24)31)13-17-15-33-29(32-2)35-27(17)39(28)36-22;/h6,13-15,18H,1,7-12,16H2,2-5H3,(H,32,33,35);1H2/t18-;/m0./s1. The topological polar surface area (TPSA) is 110 Å². The first-order valence-electron chi connectivity index (χ1n) is 13.7. The molecule has 0 bridgehead atoms. The summed E-state index contributed by atoms with van der Waals surface area (Å²) in [7, 11) is 6.94. The van der Waals surface area contributed by atoms with Gasteiger partial charge < -0.3 is 24.6 Å². The third-order valence-corrected chi connectivity index (χ3v) is 8.42. The van der Waals surface area contributed by atoms with Gasteiger partial charge in [0.1, 0.15) is 11.5 Å². The zero-order valence-electron chi connectivity index (χ0n) is 24.7. The number of halogens is 2. The van der Waals surface area contributed by atoms with E-state index in [2.05, 4.69) is 33.8 Å². The number of piperidine rings is 1. The fourth-order valence-corrected chi connectivity index (χ4v) is 6.10. The van der Waals surface area contributed by atoms with E-state index in [4.69, 9.17) is 42.8 Å². The second kappa shape index (κ2) is 14.0. The third kappa shape index (κ3) is 6.47. The van der Waals surface area contributed by atoms with Crippen LogP contribution in [-0.2, 0) is 11.2 Å². The maximum Gasteiger partial charge on any atom is 0.246 e. The summed E-state index contributed by atoms with van der Waals surface area (Å²) < 4.78 is 12.7. The van der Waals surface area contributed by atoms with E-state index in [0.717, 1.165) is 37.7 Å². The first-order valence-corrected chi connectivity index (χ1v) is 14.5. The van der Waals surface area contributed by atoms with Crippen molar-refractivity contribution in [1.82, 2.24) is 34.4 Å². The predicted molar refractivity (Wildman–Crippen MR) is 175 cm³/mol. The van der Waals surface area contributed by atoms with Gasteiger partial charge in [0.25, 0.3) is 0 Å². The molecule has 1 N–H and O–H groups in total. The zero-order valence-corrected chi connectivity index (χ0v) is 27.2. The van der Waals surface area contributed by atoms with E-state index in [-0.39, 0.29) is 19.4 Å². The molecule has 3 aromatic heterocycles. The summed E-state index contributed by atoms with van der Waals surface area (Å²) >= 11 is 13.6. The summed E-state index contributed by atoms with van der Waals surface area (Å²) in [4.78, 5) is 30.3. The highest BCUT2D eigenvalue weighted by Gasteiger charge is 2.26. The van der Waals surface area contributed by atoms with E-state index < -0.39 is 0 Å². The van der Waals surface area contributed by atoms with Crippen LogP contribution in [0.4, 0.5) is 5.95 Å². The Hall–Kier alpha value is -3.32. The van der Waals surface area contributed by atoms with Crippen LogP contribution in [0.15, 0.2) is 31.0 Å². The zero-order chi connectivity index (χ0) is 30.0. The number of aryl methyl sites for hydroxylation is 1. The minimum absolute atomic E-state index is 0. The van der Waals surface area contributed by atoms with Gasteiger partial charge in [-0.15, -0.1) is 5.10 Å². The summed E-state index contributed by atoms with van der Waals surface area (Å²) in [6, 6.07) is 3.86. The Balaban J connectivity index is 0.00000423. The van der Waals surface area contributed by atoms with Crippen LogP contribution in [0.5, 0.6) is 11.5 Å². The number of anilines is 1. The fourth-order valence-electron chi connectivity index (χ4n) is 5.40. The molecule has 1 aliphatic rings.